The second-order valence-electron chi connectivity index (χ2n) is 4.17. The molecule has 1 heterocycles. The lowest BCUT2D eigenvalue weighted by molar-refractivity contribution is -0.121. The van der Waals surface area contributed by atoms with Crippen LogP contribution in [-0.4, -0.2) is 33.2 Å². The fourth-order valence-electron chi connectivity index (χ4n) is 2.11. The first-order valence-corrected chi connectivity index (χ1v) is 5.96. The summed E-state index contributed by atoms with van der Waals surface area (Å²) in [5.74, 6) is 1.58. The first-order valence-electron chi connectivity index (χ1n) is 5.96. The van der Waals surface area contributed by atoms with E-state index in [4.69, 9.17) is 9.47 Å². The van der Waals surface area contributed by atoms with E-state index in [1.165, 1.54) is 0 Å². The van der Waals surface area contributed by atoms with Crippen LogP contribution in [0.25, 0.3) is 0 Å². The van der Waals surface area contributed by atoms with E-state index in [0.717, 1.165) is 23.6 Å². The smallest absolute Gasteiger partial charge is 0.221 e. The molecule has 5 nitrogen and oxygen atoms in total. The first-order chi connectivity index (χ1) is 8.74. The molecule has 0 aromatic heterocycles. The lowest BCUT2D eigenvalue weighted by atomic mass is 10.0. The molecule has 18 heavy (non-hydrogen) atoms. The number of methoxy groups -OCH3 is 2. The van der Waals surface area contributed by atoms with Gasteiger partial charge in [0.1, 0.15) is 11.5 Å². The largest absolute Gasteiger partial charge is 0.497 e. The maximum Gasteiger partial charge on any atom is 0.221 e. The summed E-state index contributed by atoms with van der Waals surface area (Å²) in [4.78, 5) is 11.6. The van der Waals surface area contributed by atoms with Gasteiger partial charge in [0.25, 0.3) is 0 Å². The van der Waals surface area contributed by atoms with Gasteiger partial charge < -0.3 is 20.1 Å². The molecule has 0 radical (unpaired) electrons. The molecule has 1 unspecified atom stereocenters. The first kappa shape index (κ1) is 12.7. The minimum absolute atomic E-state index is 0.0439. The summed E-state index contributed by atoms with van der Waals surface area (Å²) in [6.07, 6.45) is 0.406. The van der Waals surface area contributed by atoms with Crippen molar-refractivity contribution in [3.63, 3.8) is 0 Å². The Labute approximate surface area is 106 Å². The van der Waals surface area contributed by atoms with Gasteiger partial charge in [0, 0.05) is 31.1 Å². The van der Waals surface area contributed by atoms with Crippen molar-refractivity contribution in [1.82, 2.24) is 10.6 Å². The average molecular weight is 250 g/mol. The number of hydrogen-bond acceptors (Lipinski definition) is 4. The standard InChI is InChI=1S/C13H18N2O3/c1-17-9-3-4-12(18-2)10(7-9)11-8-13(16)15-6-5-14-11/h3-4,7,11,14H,5-6,8H2,1-2H3,(H,15,16). The molecule has 0 aliphatic carbocycles. The second-order valence-corrected chi connectivity index (χ2v) is 4.17. The number of carbonyl (C=O) groups excluding carboxylic acids is 1. The van der Waals surface area contributed by atoms with E-state index in [1.54, 1.807) is 14.2 Å². The van der Waals surface area contributed by atoms with E-state index in [1.807, 2.05) is 18.2 Å². The van der Waals surface area contributed by atoms with Gasteiger partial charge in [-0.25, -0.2) is 0 Å². The molecule has 1 fully saturated rings. The van der Waals surface area contributed by atoms with Gasteiger partial charge in [-0.1, -0.05) is 0 Å². The van der Waals surface area contributed by atoms with Crippen LogP contribution in [0.2, 0.25) is 0 Å². The fourth-order valence-corrected chi connectivity index (χ4v) is 2.11. The highest BCUT2D eigenvalue weighted by atomic mass is 16.5. The summed E-state index contributed by atoms with van der Waals surface area (Å²) in [5, 5.41) is 6.17. The third kappa shape index (κ3) is 2.73. The van der Waals surface area contributed by atoms with Crippen molar-refractivity contribution < 1.29 is 14.3 Å². The topological polar surface area (TPSA) is 59.6 Å². The van der Waals surface area contributed by atoms with Crippen molar-refractivity contribution in [2.45, 2.75) is 12.5 Å². The monoisotopic (exact) mass is 250 g/mol. The molecule has 2 rings (SSSR count). The maximum atomic E-state index is 11.6. The lowest BCUT2D eigenvalue weighted by Gasteiger charge is -2.19. The normalized spacial score (nSPS) is 19.9. The Morgan fingerprint density at radius 3 is 2.78 bits per heavy atom. The Bertz CT molecular complexity index is 434. The summed E-state index contributed by atoms with van der Waals surface area (Å²) in [5.41, 5.74) is 0.953. The summed E-state index contributed by atoms with van der Waals surface area (Å²) < 4.78 is 10.6. The Hall–Kier alpha value is -1.75. The zero-order chi connectivity index (χ0) is 13.0. The quantitative estimate of drug-likeness (QED) is 0.835. The number of carbonyl (C=O) groups is 1. The van der Waals surface area contributed by atoms with Gasteiger partial charge in [-0.2, -0.15) is 0 Å². The molecule has 0 spiro atoms. The number of rotatable bonds is 3. The third-order valence-electron chi connectivity index (χ3n) is 3.04. The van der Waals surface area contributed by atoms with Crippen molar-refractivity contribution >= 4 is 5.91 Å². The summed E-state index contributed by atoms with van der Waals surface area (Å²) in [6, 6.07) is 5.57. The van der Waals surface area contributed by atoms with Crippen LogP contribution in [0.1, 0.15) is 18.0 Å². The van der Waals surface area contributed by atoms with Crippen LogP contribution in [-0.2, 0) is 4.79 Å². The Balaban J connectivity index is 2.31. The van der Waals surface area contributed by atoms with Gasteiger partial charge in [0.2, 0.25) is 5.91 Å². The van der Waals surface area contributed by atoms with Gasteiger partial charge in [-0.05, 0) is 18.2 Å². The van der Waals surface area contributed by atoms with E-state index in [2.05, 4.69) is 10.6 Å². The van der Waals surface area contributed by atoms with Crippen molar-refractivity contribution in [2.75, 3.05) is 27.3 Å². The number of nitrogens with one attached hydrogen (secondary N) is 2. The highest BCUT2D eigenvalue weighted by Crippen LogP contribution is 2.31. The zero-order valence-electron chi connectivity index (χ0n) is 10.7. The molecule has 1 saturated heterocycles. The number of hydrogen-bond donors (Lipinski definition) is 2. The third-order valence-corrected chi connectivity index (χ3v) is 3.04. The molecule has 1 aromatic rings. The SMILES string of the molecule is COc1ccc(OC)c(C2CC(=O)NCCN2)c1. The molecular formula is C13H18N2O3. The lowest BCUT2D eigenvalue weighted by Crippen LogP contribution is -2.24. The van der Waals surface area contributed by atoms with Gasteiger partial charge in [-0.15, -0.1) is 0 Å². The fraction of sp³-hybridized carbons (Fsp3) is 0.462. The van der Waals surface area contributed by atoms with Crippen LogP contribution >= 0.6 is 0 Å². The Morgan fingerprint density at radius 2 is 2.06 bits per heavy atom. The maximum absolute atomic E-state index is 11.6. The Kier molecular flexibility index (Phi) is 4.04. The molecule has 98 valence electrons. The van der Waals surface area contributed by atoms with Crippen LogP contribution in [0.15, 0.2) is 18.2 Å². The number of amides is 1. The molecule has 1 aliphatic heterocycles. The van der Waals surface area contributed by atoms with E-state index in [0.29, 0.717) is 13.0 Å². The summed E-state index contributed by atoms with van der Waals surface area (Å²) in [6.45, 7) is 1.40. The van der Waals surface area contributed by atoms with Gasteiger partial charge in [0.15, 0.2) is 0 Å². The molecule has 1 aliphatic rings. The highest BCUT2D eigenvalue weighted by Gasteiger charge is 2.22. The van der Waals surface area contributed by atoms with Crippen LogP contribution in [0, 0.1) is 0 Å². The molecule has 0 bridgehead atoms. The molecule has 2 N–H and O–H groups in total. The van der Waals surface area contributed by atoms with Crippen LogP contribution in [0.5, 0.6) is 11.5 Å². The predicted molar refractivity (Wildman–Crippen MR) is 67.9 cm³/mol. The minimum Gasteiger partial charge on any atom is -0.497 e. The van der Waals surface area contributed by atoms with Crippen LogP contribution in [0.4, 0.5) is 0 Å². The summed E-state index contributed by atoms with van der Waals surface area (Å²) in [7, 11) is 3.25. The molecule has 0 saturated carbocycles. The predicted octanol–water partition coefficient (Wildman–Crippen LogP) is 0.854. The van der Waals surface area contributed by atoms with Crippen LogP contribution in [0.3, 0.4) is 0 Å². The number of ether oxygens (including phenoxy) is 2. The van der Waals surface area contributed by atoms with Gasteiger partial charge in [0.05, 0.1) is 14.2 Å². The molecular weight excluding hydrogens is 232 g/mol. The van der Waals surface area contributed by atoms with Gasteiger partial charge in [-0.3, -0.25) is 4.79 Å². The average Bonchev–Trinajstić information content (AvgIpc) is 2.62. The zero-order valence-corrected chi connectivity index (χ0v) is 10.7. The highest BCUT2D eigenvalue weighted by molar-refractivity contribution is 5.77. The molecule has 1 amide bonds. The minimum atomic E-state index is -0.0439. The Morgan fingerprint density at radius 1 is 1.22 bits per heavy atom. The number of benzene rings is 1. The molecule has 1 atom stereocenters. The van der Waals surface area contributed by atoms with Crippen molar-refractivity contribution in [2.24, 2.45) is 0 Å². The van der Waals surface area contributed by atoms with E-state index >= 15 is 0 Å². The van der Waals surface area contributed by atoms with E-state index < -0.39 is 0 Å². The van der Waals surface area contributed by atoms with E-state index in [9.17, 15) is 4.79 Å². The van der Waals surface area contributed by atoms with Crippen molar-refractivity contribution in [3.05, 3.63) is 23.8 Å². The van der Waals surface area contributed by atoms with Crippen LogP contribution < -0.4 is 20.1 Å². The summed E-state index contributed by atoms with van der Waals surface area (Å²) >= 11 is 0. The second kappa shape index (κ2) is 5.73. The molecule has 1 aromatic carbocycles. The van der Waals surface area contributed by atoms with Crippen molar-refractivity contribution in [3.8, 4) is 11.5 Å². The van der Waals surface area contributed by atoms with Crippen molar-refractivity contribution in [1.29, 1.82) is 0 Å². The molecule has 5 heteroatoms. The van der Waals surface area contributed by atoms with E-state index in [-0.39, 0.29) is 11.9 Å². The van der Waals surface area contributed by atoms with Gasteiger partial charge >= 0.3 is 0 Å².